The van der Waals surface area contributed by atoms with Crippen molar-refractivity contribution in [2.45, 2.75) is 69.6 Å². The second-order valence-corrected chi connectivity index (χ2v) is 7.60. The van der Waals surface area contributed by atoms with Crippen molar-refractivity contribution in [3.8, 4) is 18.1 Å². The molecule has 6 nitrogen and oxygen atoms in total. The summed E-state index contributed by atoms with van der Waals surface area (Å²) in [4.78, 5) is 17.0. The molecule has 2 heterocycles. The molecule has 0 bridgehead atoms. The number of carbonyl (C=O) groups excluding carboxylic acids is 1. The van der Waals surface area contributed by atoms with Crippen LogP contribution in [0.4, 0.5) is 18.0 Å². The van der Waals surface area contributed by atoms with E-state index in [-0.39, 0.29) is 24.9 Å². The van der Waals surface area contributed by atoms with Gasteiger partial charge in [0.15, 0.2) is 6.10 Å². The Morgan fingerprint density at radius 3 is 2.58 bits per heavy atom. The van der Waals surface area contributed by atoms with E-state index in [9.17, 15) is 18.0 Å². The predicted octanol–water partition coefficient (Wildman–Crippen LogP) is 4.44. The summed E-state index contributed by atoms with van der Waals surface area (Å²) in [5, 5.41) is 0. The van der Waals surface area contributed by atoms with Gasteiger partial charge in [0, 0.05) is 25.1 Å². The molecular weight excluding hydrogens is 413 g/mol. The SMILES string of the molecule is C#Cc1cnccc1OC1CCC(OC2C=CN(C(=O)O[C@H](C)C(F)(F)F)CC2)CC1. The molecule has 0 aromatic carbocycles. The van der Waals surface area contributed by atoms with Crippen LogP contribution in [0.25, 0.3) is 0 Å². The number of pyridine rings is 1. The lowest BCUT2D eigenvalue weighted by molar-refractivity contribution is -0.199. The van der Waals surface area contributed by atoms with E-state index in [1.54, 1.807) is 24.5 Å². The molecule has 0 radical (unpaired) electrons. The van der Waals surface area contributed by atoms with Gasteiger partial charge >= 0.3 is 12.3 Å². The van der Waals surface area contributed by atoms with Crippen LogP contribution in [0.15, 0.2) is 30.7 Å². The monoisotopic (exact) mass is 438 g/mol. The summed E-state index contributed by atoms with van der Waals surface area (Å²) in [6.45, 7) is 1.04. The van der Waals surface area contributed by atoms with Gasteiger partial charge in [0.2, 0.25) is 0 Å². The molecule has 9 heteroatoms. The number of ether oxygens (including phenoxy) is 3. The smallest absolute Gasteiger partial charge is 0.425 e. The highest BCUT2D eigenvalue weighted by Crippen LogP contribution is 2.29. The third-order valence-electron chi connectivity index (χ3n) is 5.33. The average Bonchev–Trinajstić information content (AvgIpc) is 2.75. The third-order valence-corrected chi connectivity index (χ3v) is 5.33. The first-order chi connectivity index (χ1) is 14.8. The largest absolute Gasteiger partial charge is 0.489 e. The van der Waals surface area contributed by atoms with E-state index in [2.05, 4.69) is 15.6 Å². The van der Waals surface area contributed by atoms with Crippen molar-refractivity contribution in [2.24, 2.45) is 0 Å². The minimum Gasteiger partial charge on any atom is -0.489 e. The van der Waals surface area contributed by atoms with Gasteiger partial charge in [0.1, 0.15) is 5.75 Å². The van der Waals surface area contributed by atoms with Crippen molar-refractivity contribution in [2.75, 3.05) is 6.54 Å². The quantitative estimate of drug-likeness (QED) is 0.636. The molecule has 2 atom stereocenters. The Bertz CT molecular complexity index is 829. The van der Waals surface area contributed by atoms with Gasteiger partial charge in [-0.15, -0.1) is 6.42 Å². The molecule has 0 saturated heterocycles. The molecule has 0 N–H and O–H groups in total. The molecular formula is C22H25F3N2O4. The average molecular weight is 438 g/mol. The van der Waals surface area contributed by atoms with Crippen molar-refractivity contribution in [1.29, 1.82) is 0 Å². The van der Waals surface area contributed by atoms with Crippen molar-refractivity contribution < 1.29 is 32.2 Å². The second-order valence-electron chi connectivity index (χ2n) is 7.60. The molecule has 3 rings (SSSR count). The Balaban J connectivity index is 1.42. The summed E-state index contributed by atoms with van der Waals surface area (Å²) < 4.78 is 54.2. The standard InChI is InChI=1S/C22H25F3N2O4/c1-3-16-14-26-11-8-20(16)31-18-6-4-17(5-7-18)30-19-9-12-27(13-10-19)21(28)29-15(2)22(23,24)25/h1,8-9,11-12,14-15,17-19H,4-7,10,13H2,2H3/t15-,17?,18?,19?/m1/s1. The first kappa shape index (κ1) is 22.9. The van der Waals surface area contributed by atoms with E-state index in [1.807, 2.05) is 0 Å². The highest BCUT2D eigenvalue weighted by atomic mass is 19.4. The number of rotatable bonds is 5. The van der Waals surface area contributed by atoms with Crippen molar-refractivity contribution in [3.05, 3.63) is 36.3 Å². The van der Waals surface area contributed by atoms with Crippen LogP contribution in [-0.4, -0.2) is 53.1 Å². The van der Waals surface area contributed by atoms with Crippen LogP contribution in [0, 0.1) is 12.3 Å². The molecule has 1 aromatic rings. The van der Waals surface area contributed by atoms with Crippen LogP contribution in [0.3, 0.4) is 0 Å². The fraction of sp³-hybridized carbons (Fsp3) is 0.545. The number of amides is 1. The van der Waals surface area contributed by atoms with Gasteiger partial charge < -0.3 is 14.2 Å². The zero-order valence-corrected chi connectivity index (χ0v) is 17.2. The fourth-order valence-corrected chi connectivity index (χ4v) is 3.49. The zero-order valence-electron chi connectivity index (χ0n) is 17.2. The van der Waals surface area contributed by atoms with Gasteiger partial charge in [-0.3, -0.25) is 9.88 Å². The normalized spacial score (nSPS) is 24.9. The molecule has 1 aliphatic carbocycles. The summed E-state index contributed by atoms with van der Waals surface area (Å²) in [7, 11) is 0. The number of hydrogen-bond acceptors (Lipinski definition) is 5. The van der Waals surface area contributed by atoms with Crippen LogP contribution < -0.4 is 4.74 Å². The summed E-state index contributed by atoms with van der Waals surface area (Å²) in [6.07, 6.45) is 7.77. The van der Waals surface area contributed by atoms with Gasteiger partial charge in [-0.1, -0.05) is 5.92 Å². The Kier molecular flexibility index (Phi) is 7.44. The Morgan fingerprint density at radius 2 is 1.97 bits per heavy atom. The Morgan fingerprint density at radius 1 is 1.26 bits per heavy atom. The maximum atomic E-state index is 12.5. The van der Waals surface area contributed by atoms with Crippen LogP contribution in [0.2, 0.25) is 0 Å². The minimum atomic E-state index is -4.58. The number of terminal acetylenes is 1. The maximum Gasteiger partial charge on any atom is 0.425 e. The fourth-order valence-electron chi connectivity index (χ4n) is 3.49. The summed E-state index contributed by atoms with van der Waals surface area (Å²) in [6, 6.07) is 1.76. The van der Waals surface area contributed by atoms with E-state index in [4.69, 9.17) is 15.9 Å². The molecule has 31 heavy (non-hydrogen) atoms. The molecule has 0 spiro atoms. The van der Waals surface area contributed by atoms with Gasteiger partial charge in [-0.2, -0.15) is 13.2 Å². The summed E-state index contributed by atoms with van der Waals surface area (Å²) in [5.41, 5.74) is 0.626. The van der Waals surface area contributed by atoms with Crippen molar-refractivity contribution in [1.82, 2.24) is 9.88 Å². The Labute approximate surface area is 179 Å². The van der Waals surface area contributed by atoms with E-state index >= 15 is 0 Å². The molecule has 1 fully saturated rings. The van der Waals surface area contributed by atoms with Crippen molar-refractivity contribution >= 4 is 6.09 Å². The van der Waals surface area contributed by atoms with Gasteiger partial charge in [-0.05, 0) is 51.2 Å². The number of aromatic nitrogens is 1. The predicted molar refractivity (Wildman–Crippen MR) is 106 cm³/mol. The number of carbonyl (C=O) groups is 1. The first-order valence-electron chi connectivity index (χ1n) is 10.2. The molecule has 2 aliphatic rings. The van der Waals surface area contributed by atoms with Crippen LogP contribution >= 0.6 is 0 Å². The molecule has 168 valence electrons. The number of nitrogens with zero attached hydrogens (tertiary/aromatic N) is 2. The zero-order chi connectivity index (χ0) is 22.4. The molecule has 1 aromatic heterocycles. The highest BCUT2D eigenvalue weighted by Gasteiger charge is 2.40. The maximum absolute atomic E-state index is 12.5. The van der Waals surface area contributed by atoms with Crippen LogP contribution in [0.1, 0.15) is 44.6 Å². The third kappa shape index (κ3) is 6.37. The first-order valence-corrected chi connectivity index (χ1v) is 10.2. The summed E-state index contributed by atoms with van der Waals surface area (Å²) >= 11 is 0. The minimum absolute atomic E-state index is 0.0529. The van der Waals surface area contributed by atoms with Crippen LogP contribution in [-0.2, 0) is 9.47 Å². The lowest BCUT2D eigenvalue weighted by Gasteiger charge is -2.33. The van der Waals surface area contributed by atoms with E-state index in [0.29, 0.717) is 17.7 Å². The second kappa shape index (κ2) is 10.1. The van der Waals surface area contributed by atoms with Gasteiger partial charge in [-0.25, -0.2) is 4.79 Å². The van der Waals surface area contributed by atoms with E-state index in [1.165, 1.54) is 6.20 Å². The topological polar surface area (TPSA) is 60.9 Å². The number of hydrogen-bond donors (Lipinski definition) is 0. The van der Waals surface area contributed by atoms with Gasteiger partial charge in [0.25, 0.3) is 0 Å². The van der Waals surface area contributed by atoms with E-state index < -0.39 is 18.4 Å². The lowest BCUT2D eigenvalue weighted by atomic mass is 9.94. The van der Waals surface area contributed by atoms with Gasteiger partial charge in [0.05, 0.1) is 23.9 Å². The summed E-state index contributed by atoms with van der Waals surface area (Å²) in [5.74, 6) is 3.22. The number of alkyl halides is 3. The molecule has 1 amide bonds. The molecule has 1 aliphatic heterocycles. The van der Waals surface area contributed by atoms with Crippen molar-refractivity contribution in [3.63, 3.8) is 0 Å². The number of halogens is 3. The Hall–Kier alpha value is -2.73. The molecule has 1 unspecified atom stereocenters. The lowest BCUT2D eigenvalue weighted by Crippen LogP contribution is -2.39. The van der Waals surface area contributed by atoms with Crippen LogP contribution in [0.5, 0.6) is 5.75 Å². The van der Waals surface area contributed by atoms with E-state index in [0.717, 1.165) is 37.5 Å². The molecule has 1 saturated carbocycles. The highest BCUT2D eigenvalue weighted by molar-refractivity contribution is 5.69.